The van der Waals surface area contributed by atoms with Crippen LogP contribution in [-0.2, 0) is 9.53 Å². The van der Waals surface area contributed by atoms with Crippen molar-refractivity contribution in [2.75, 3.05) is 6.61 Å². The summed E-state index contributed by atoms with van der Waals surface area (Å²) in [5.41, 5.74) is 5.40. The maximum absolute atomic E-state index is 11.6. The third kappa shape index (κ3) is 2.34. The van der Waals surface area contributed by atoms with Crippen LogP contribution in [0.25, 0.3) is 0 Å². The normalized spacial score (nSPS) is 44.7. The van der Waals surface area contributed by atoms with Crippen molar-refractivity contribution >= 4 is 11.7 Å². The third-order valence-corrected chi connectivity index (χ3v) is 8.69. The molecular weight excluding hydrogens is 338 g/mol. The van der Waals surface area contributed by atoms with Crippen LogP contribution in [0.1, 0.15) is 58.8 Å². The number of esters is 1. The molecule has 0 aromatic carbocycles. The third-order valence-electron chi connectivity index (χ3n) is 8.69. The van der Waals surface area contributed by atoms with Crippen molar-refractivity contribution in [3.63, 3.8) is 0 Å². The molecule has 5 aliphatic rings. The summed E-state index contributed by atoms with van der Waals surface area (Å²) in [5.74, 6) is 1.82. The number of hydrogen-bond acceptors (Lipinski definition) is 4. The van der Waals surface area contributed by atoms with E-state index in [-0.39, 0.29) is 11.4 Å². The predicted molar refractivity (Wildman–Crippen MR) is 103 cm³/mol. The lowest BCUT2D eigenvalue weighted by molar-refractivity contribution is -0.134. The highest BCUT2D eigenvalue weighted by Crippen LogP contribution is 2.65. The van der Waals surface area contributed by atoms with Crippen LogP contribution in [-0.4, -0.2) is 23.5 Å². The summed E-state index contributed by atoms with van der Waals surface area (Å²) >= 11 is 0. The highest BCUT2D eigenvalue weighted by Gasteiger charge is 2.56. The Morgan fingerprint density at radius 1 is 1.19 bits per heavy atom. The van der Waals surface area contributed by atoms with Gasteiger partial charge >= 0.3 is 5.97 Å². The number of carbonyl (C=O) groups is 1. The molecule has 0 unspecified atom stereocenters. The van der Waals surface area contributed by atoms with E-state index in [9.17, 15) is 10.0 Å². The number of nitrogens with zero attached hydrogens (tertiary/aromatic N) is 1. The minimum Gasteiger partial charge on any atom is -0.458 e. The molecule has 0 bridgehead atoms. The van der Waals surface area contributed by atoms with Gasteiger partial charge in [0.15, 0.2) is 0 Å². The van der Waals surface area contributed by atoms with Gasteiger partial charge in [-0.1, -0.05) is 36.7 Å². The van der Waals surface area contributed by atoms with E-state index in [1.54, 1.807) is 11.6 Å². The van der Waals surface area contributed by atoms with Crippen molar-refractivity contribution < 1.29 is 14.7 Å². The Hall–Kier alpha value is -1.84. The van der Waals surface area contributed by atoms with E-state index >= 15 is 0 Å². The summed E-state index contributed by atoms with van der Waals surface area (Å²) in [6.45, 7) is 5.31. The van der Waals surface area contributed by atoms with Gasteiger partial charge in [0, 0.05) is 17.1 Å². The molecule has 1 aliphatic heterocycles. The molecule has 3 saturated carbocycles. The molecule has 5 atom stereocenters. The quantitative estimate of drug-likeness (QED) is 0.411. The fraction of sp³-hybridized carbons (Fsp3) is 0.652. The predicted octanol–water partition coefficient (Wildman–Crippen LogP) is 4.80. The van der Waals surface area contributed by atoms with Crippen LogP contribution in [0, 0.1) is 28.6 Å². The fourth-order valence-corrected chi connectivity index (χ4v) is 7.14. The zero-order valence-corrected chi connectivity index (χ0v) is 16.3. The zero-order chi connectivity index (χ0) is 18.8. The smallest absolute Gasteiger partial charge is 0.331 e. The molecule has 0 spiro atoms. The van der Waals surface area contributed by atoms with Gasteiger partial charge in [-0.05, 0) is 73.7 Å². The second kappa shape index (κ2) is 5.83. The van der Waals surface area contributed by atoms with Crippen LogP contribution >= 0.6 is 0 Å². The Bertz CT molecular complexity index is 819. The molecule has 27 heavy (non-hydrogen) atoms. The van der Waals surface area contributed by atoms with Gasteiger partial charge in [-0.15, -0.1) is 0 Å². The van der Waals surface area contributed by atoms with Crippen molar-refractivity contribution in [1.29, 1.82) is 0 Å². The minimum absolute atomic E-state index is 0.0660. The van der Waals surface area contributed by atoms with E-state index in [1.165, 1.54) is 24.8 Å². The molecule has 0 radical (unpaired) electrons. The number of cyclic esters (lactones) is 1. The number of carbonyl (C=O) groups excluding carboxylic acids is 1. The van der Waals surface area contributed by atoms with Crippen LogP contribution in [0.5, 0.6) is 0 Å². The van der Waals surface area contributed by atoms with E-state index in [0.717, 1.165) is 42.9 Å². The van der Waals surface area contributed by atoms with Crippen LogP contribution in [0.2, 0.25) is 0 Å². The van der Waals surface area contributed by atoms with E-state index in [0.29, 0.717) is 23.9 Å². The van der Waals surface area contributed by atoms with Crippen molar-refractivity contribution in [2.45, 2.75) is 58.8 Å². The van der Waals surface area contributed by atoms with Gasteiger partial charge in [0.1, 0.15) is 6.61 Å². The second-order valence-electron chi connectivity index (χ2n) is 9.71. The largest absolute Gasteiger partial charge is 0.458 e. The second-order valence-corrected chi connectivity index (χ2v) is 9.71. The van der Waals surface area contributed by atoms with Gasteiger partial charge in [0.2, 0.25) is 0 Å². The van der Waals surface area contributed by atoms with Gasteiger partial charge in [0.05, 0.1) is 5.71 Å². The van der Waals surface area contributed by atoms with E-state index in [2.05, 4.69) is 31.2 Å². The van der Waals surface area contributed by atoms with Crippen molar-refractivity contribution in [2.24, 2.45) is 33.7 Å². The molecule has 1 heterocycles. The number of hydrogen-bond donors (Lipinski definition) is 1. The highest BCUT2D eigenvalue weighted by atomic mass is 16.5. The van der Waals surface area contributed by atoms with Crippen LogP contribution in [0.15, 0.2) is 40.1 Å². The number of oxime groups is 1. The van der Waals surface area contributed by atoms with Crippen LogP contribution in [0.4, 0.5) is 0 Å². The zero-order valence-electron chi connectivity index (χ0n) is 16.3. The number of ether oxygens (including phenoxy) is 1. The molecule has 0 aromatic rings. The lowest BCUT2D eigenvalue weighted by Crippen LogP contribution is -2.51. The Morgan fingerprint density at radius 3 is 2.78 bits per heavy atom. The van der Waals surface area contributed by atoms with Crippen molar-refractivity contribution in [1.82, 2.24) is 0 Å². The Balaban J connectivity index is 1.43. The summed E-state index contributed by atoms with van der Waals surface area (Å²) < 4.78 is 5.19. The standard InChI is InChI=1S/C23H29NO3/c1-22-9-7-16(24-26)12-15(22)3-4-17-19-6-5-18(14-11-21(25)27-13-14)23(19,2)10-8-20(17)22/h5-6,11,15,17,20,26H,3-4,7-10,12-13H2,1-2H3/t15-,17+,20-,22-,23+/m0/s1. The molecule has 1 N–H and O–H groups in total. The van der Waals surface area contributed by atoms with Gasteiger partial charge in [-0.25, -0.2) is 4.79 Å². The molecule has 4 aliphatic carbocycles. The van der Waals surface area contributed by atoms with Crippen LogP contribution in [0.3, 0.4) is 0 Å². The average molecular weight is 367 g/mol. The Labute approximate surface area is 161 Å². The van der Waals surface area contributed by atoms with Crippen molar-refractivity contribution in [3.8, 4) is 0 Å². The number of rotatable bonds is 1. The average Bonchev–Trinajstić information content (AvgIpc) is 3.23. The summed E-state index contributed by atoms with van der Waals surface area (Å²) in [4.78, 5) is 11.6. The number of allylic oxidation sites excluding steroid dienone is 3. The van der Waals surface area contributed by atoms with E-state index in [4.69, 9.17) is 4.74 Å². The fourth-order valence-electron chi connectivity index (χ4n) is 7.14. The van der Waals surface area contributed by atoms with Crippen molar-refractivity contribution in [3.05, 3.63) is 34.9 Å². The minimum atomic E-state index is -0.201. The molecule has 5 rings (SSSR count). The molecule has 4 nitrogen and oxygen atoms in total. The van der Waals surface area contributed by atoms with Gasteiger partial charge < -0.3 is 9.94 Å². The maximum atomic E-state index is 11.6. The Morgan fingerprint density at radius 2 is 2.04 bits per heavy atom. The molecular formula is C23H29NO3. The van der Waals surface area contributed by atoms with Crippen LogP contribution < -0.4 is 0 Å². The molecule has 0 aromatic heterocycles. The first-order chi connectivity index (χ1) is 13.0. The monoisotopic (exact) mass is 367 g/mol. The topological polar surface area (TPSA) is 58.9 Å². The van der Waals surface area contributed by atoms with Gasteiger partial charge in [-0.3, -0.25) is 0 Å². The van der Waals surface area contributed by atoms with E-state index in [1.807, 2.05) is 0 Å². The summed E-state index contributed by atoms with van der Waals surface area (Å²) in [6, 6.07) is 0. The summed E-state index contributed by atoms with van der Waals surface area (Å²) in [6.07, 6.45) is 14.2. The molecule has 144 valence electrons. The van der Waals surface area contributed by atoms with E-state index < -0.39 is 0 Å². The summed E-state index contributed by atoms with van der Waals surface area (Å²) in [7, 11) is 0. The SMILES string of the molecule is C[C@]12CC[C@H]3[C@H](CC[C@H]4CC(=NO)CC[C@@]43C)C1=CC=C2C1=CC(=O)OC1. The highest BCUT2D eigenvalue weighted by molar-refractivity contribution is 5.87. The molecule has 3 fully saturated rings. The molecule has 0 amide bonds. The number of fused-ring (bicyclic) bond motifs is 5. The first-order valence-electron chi connectivity index (χ1n) is 10.5. The lowest BCUT2D eigenvalue weighted by atomic mass is 9.46. The molecule has 4 heteroatoms. The Kier molecular flexibility index (Phi) is 3.73. The van der Waals surface area contributed by atoms with Gasteiger partial charge in [-0.2, -0.15) is 0 Å². The first kappa shape index (κ1) is 17.3. The van der Waals surface area contributed by atoms with Gasteiger partial charge in [0.25, 0.3) is 0 Å². The lowest BCUT2D eigenvalue weighted by Gasteiger charge is -2.58. The maximum Gasteiger partial charge on any atom is 0.331 e. The molecule has 0 saturated heterocycles. The summed E-state index contributed by atoms with van der Waals surface area (Å²) in [5, 5.41) is 12.8. The first-order valence-corrected chi connectivity index (χ1v) is 10.5.